The van der Waals surface area contributed by atoms with E-state index in [4.69, 9.17) is 5.14 Å². The molecule has 0 fully saturated rings. The van der Waals surface area contributed by atoms with Gasteiger partial charge in [0.1, 0.15) is 16.5 Å². The number of halogens is 1. The largest absolute Gasteiger partial charge is 0.507 e. The van der Waals surface area contributed by atoms with E-state index < -0.39 is 27.5 Å². The number of para-hydroxylation sites is 1. The van der Waals surface area contributed by atoms with Gasteiger partial charge in [-0.1, -0.05) is 12.1 Å². The highest BCUT2D eigenvalue weighted by Crippen LogP contribution is 2.23. The second-order valence-electron chi connectivity index (χ2n) is 4.16. The van der Waals surface area contributed by atoms with Crippen LogP contribution >= 0.6 is 0 Å². The molecule has 1 amide bonds. The molecular weight excluding hydrogens is 299 g/mol. The summed E-state index contributed by atoms with van der Waals surface area (Å²) < 4.78 is 35.9. The fourth-order valence-corrected chi connectivity index (χ4v) is 2.39. The van der Waals surface area contributed by atoms with Gasteiger partial charge in [0, 0.05) is 0 Å². The summed E-state index contributed by atoms with van der Waals surface area (Å²) in [5.74, 6) is -2.00. The number of anilines is 1. The normalized spacial score (nSPS) is 11.1. The molecule has 0 bridgehead atoms. The zero-order valence-corrected chi connectivity index (χ0v) is 11.4. The SMILES string of the molecule is NS(=O)(=O)c1ccccc1NC(=O)c1cc(F)ccc1O. The second-order valence-corrected chi connectivity index (χ2v) is 5.69. The summed E-state index contributed by atoms with van der Waals surface area (Å²) >= 11 is 0. The molecule has 0 aromatic heterocycles. The monoisotopic (exact) mass is 310 g/mol. The fraction of sp³-hybridized carbons (Fsp3) is 0. The van der Waals surface area contributed by atoms with Crippen molar-refractivity contribution in [3.63, 3.8) is 0 Å². The van der Waals surface area contributed by atoms with Crippen LogP contribution in [-0.2, 0) is 10.0 Å². The fourth-order valence-electron chi connectivity index (χ4n) is 1.70. The molecule has 0 heterocycles. The van der Waals surface area contributed by atoms with Gasteiger partial charge in [0.15, 0.2) is 0 Å². The van der Waals surface area contributed by atoms with Gasteiger partial charge in [0.25, 0.3) is 5.91 Å². The van der Waals surface area contributed by atoms with Gasteiger partial charge in [-0.2, -0.15) is 0 Å². The molecule has 0 atom stereocenters. The Hall–Kier alpha value is -2.45. The van der Waals surface area contributed by atoms with E-state index in [1.165, 1.54) is 24.3 Å². The molecule has 0 saturated heterocycles. The van der Waals surface area contributed by atoms with Crippen LogP contribution in [-0.4, -0.2) is 19.4 Å². The van der Waals surface area contributed by atoms with Crippen molar-refractivity contribution in [3.8, 4) is 5.75 Å². The first-order valence-electron chi connectivity index (χ1n) is 5.71. The van der Waals surface area contributed by atoms with E-state index in [0.29, 0.717) is 0 Å². The Kier molecular flexibility index (Phi) is 3.92. The molecule has 0 saturated carbocycles. The maximum atomic E-state index is 13.1. The van der Waals surface area contributed by atoms with Crippen LogP contribution in [0.3, 0.4) is 0 Å². The minimum absolute atomic E-state index is 0.0614. The predicted octanol–water partition coefficient (Wildman–Crippen LogP) is 1.43. The van der Waals surface area contributed by atoms with E-state index in [2.05, 4.69) is 5.32 Å². The van der Waals surface area contributed by atoms with Gasteiger partial charge in [-0.3, -0.25) is 4.79 Å². The van der Waals surface area contributed by atoms with Crippen molar-refractivity contribution in [2.45, 2.75) is 4.90 Å². The Morgan fingerprint density at radius 3 is 2.52 bits per heavy atom. The van der Waals surface area contributed by atoms with Gasteiger partial charge in [0.05, 0.1) is 11.3 Å². The summed E-state index contributed by atoms with van der Waals surface area (Å²) in [4.78, 5) is 11.7. The number of hydrogen-bond acceptors (Lipinski definition) is 4. The second kappa shape index (κ2) is 5.51. The zero-order chi connectivity index (χ0) is 15.6. The van der Waals surface area contributed by atoms with Crippen LogP contribution in [0.1, 0.15) is 10.4 Å². The topological polar surface area (TPSA) is 109 Å². The molecule has 0 radical (unpaired) electrons. The third-order valence-corrected chi connectivity index (χ3v) is 3.61. The molecule has 0 aliphatic carbocycles. The predicted molar refractivity (Wildman–Crippen MR) is 73.8 cm³/mol. The summed E-state index contributed by atoms with van der Waals surface area (Å²) in [7, 11) is -4.03. The van der Waals surface area contributed by atoms with Crippen LogP contribution in [0.4, 0.5) is 10.1 Å². The Balaban J connectivity index is 2.39. The number of sulfonamides is 1. The average molecular weight is 310 g/mol. The lowest BCUT2D eigenvalue weighted by molar-refractivity contribution is 0.102. The van der Waals surface area contributed by atoms with E-state index in [0.717, 1.165) is 18.2 Å². The minimum Gasteiger partial charge on any atom is -0.507 e. The number of carbonyl (C=O) groups excluding carboxylic acids is 1. The molecule has 2 rings (SSSR count). The van der Waals surface area contributed by atoms with E-state index in [-0.39, 0.29) is 16.1 Å². The molecular formula is C13H11FN2O4S. The lowest BCUT2D eigenvalue weighted by Crippen LogP contribution is -2.18. The molecule has 0 aliphatic heterocycles. The van der Waals surface area contributed by atoms with Crippen molar-refractivity contribution in [2.24, 2.45) is 5.14 Å². The minimum atomic E-state index is -4.03. The molecule has 4 N–H and O–H groups in total. The molecule has 6 nitrogen and oxygen atoms in total. The number of nitrogens with two attached hydrogens (primary N) is 1. The Labute approximate surface area is 120 Å². The molecule has 0 spiro atoms. The van der Waals surface area contributed by atoms with Crippen molar-refractivity contribution in [1.29, 1.82) is 0 Å². The standard InChI is InChI=1S/C13H11FN2O4S/c14-8-5-6-11(17)9(7-8)13(18)16-10-3-1-2-4-12(10)21(15,19)20/h1-7,17H,(H,16,18)(H2,15,19,20). The summed E-state index contributed by atoms with van der Waals surface area (Å²) in [6, 6.07) is 8.33. The Bertz CT molecular complexity index is 806. The Morgan fingerprint density at radius 1 is 1.19 bits per heavy atom. The highest BCUT2D eigenvalue weighted by atomic mass is 32.2. The maximum Gasteiger partial charge on any atom is 0.259 e. The van der Waals surface area contributed by atoms with Crippen molar-refractivity contribution in [1.82, 2.24) is 0 Å². The lowest BCUT2D eigenvalue weighted by atomic mass is 10.1. The van der Waals surface area contributed by atoms with Gasteiger partial charge in [-0.05, 0) is 30.3 Å². The summed E-state index contributed by atoms with van der Waals surface area (Å²) in [5.41, 5.74) is -0.382. The number of phenols is 1. The Morgan fingerprint density at radius 2 is 1.86 bits per heavy atom. The first kappa shape index (κ1) is 14.9. The van der Waals surface area contributed by atoms with Crippen LogP contribution < -0.4 is 10.5 Å². The number of benzene rings is 2. The van der Waals surface area contributed by atoms with Gasteiger partial charge >= 0.3 is 0 Å². The van der Waals surface area contributed by atoms with Crippen LogP contribution in [0.15, 0.2) is 47.4 Å². The van der Waals surface area contributed by atoms with Crippen LogP contribution in [0.5, 0.6) is 5.75 Å². The van der Waals surface area contributed by atoms with E-state index >= 15 is 0 Å². The van der Waals surface area contributed by atoms with Crippen molar-refractivity contribution >= 4 is 21.6 Å². The first-order valence-corrected chi connectivity index (χ1v) is 7.25. The third kappa shape index (κ3) is 3.36. The molecule has 8 heteroatoms. The average Bonchev–Trinajstić information content (AvgIpc) is 2.41. The highest BCUT2D eigenvalue weighted by Gasteiger charge is 2.18. The van der Waals surface area contributed by atoms with Gasteiger partial charge < -0.3 is 10.4 Å². The number of carbonyl (C=O) groups is 1. The summed E-state index contributed by atoms with van der Waals surface area (Å²) in [5, 5.41) is 16.9. The van der Waals surface area contributed by atoms with Crippen molar-refractivity contribution in [2.75, 3.05) is 5.32 Å². The molecule has 0 aliphatic rings. The third-order valence-electron chi connectivity index (χ3n) is 2.65. The van der Waals surface area contributed by atoms with Crippen LogP contribution in [0, 0.1) is 5.82 Å². The number of phenolic OH excluding ortho intramolecular Hbond substituents is 1. The molecule has 2 aromatic rings. The first-order chi connectivity index (χ1) is 9.79. The maximum absolute atomic E-state index is 13.1. The highest BCUT2D eigenvalue weighted by molar-refractivity contribution is 7.89. The quantitative estimate of drug-likeness (QED) is 0.796. The van der Waals surface area contributed by atoms with Crippen molar-refractivity contribution < 1.29 is 22.7 Å². The smallest absolute Gasteiger partial charge is 0.259 e. The molecule has 21 heavy (non-hydrogen) atoms. The van der Waals surface area contributed by atoms with Gasteiger partial charge in [-0.25, -0.2) is 17.9 Å². The number of rotatable bonds is 3. The molecule has 0 unspecified atom stereocenters. The number of aromatic hydroxyl groups is 1. The van der Waals surface area contributed by atoms with Gasteiger partial charge in [-0.15, -0.1) is 0 Å². The summed E-state index contributed by atoms with van der Waals surface area (Å²) in [6.07, 6.45) is 0. The van der Waals surface area contributed by atoms with Crippen LogP contribution in [0.2, 0.25) is 0 Å². The lowest BCUT2D eigenvalue weighted by Gasteiger charge is -2.10. The number of primary sulfonamides is 1. The van der Waals surface area contributed by atoms with E-state index in [9.17, 15) is 22.7 Å². The van der Waals surface area contributed by atoms with Gasteiger partial charge in [0.2, 0.25) is 10.0 Å². The zero-order valence-electron chi connectivity index (χ0n) is 10.6. The van der Waals surface area contributed by atoms with Crippen molar-refractivity contribution in [3.05, 3.63) is 53.8 Å². The number of amides is 1. The summed E-state index contributed by atoms with van der Waals surface area (Å²) in [6.45, 7) is 0. The molecule has 2 aromatic carbocycles. The van der Waals surface area contributed by atoms with E-state index in [1.54, 1.807) is 0 Å². The van der Waals surface area contributed by atoms with Crippen LogP contribution in [0.25, 0.3) is 0 Å². The molecule has 110 valence electrons. The number of nitrogens with one attached hydrogen (secondary N) is 1. The van der Waals surface area contributed by atoms with E-state index in [1.807, 2.05) is 0 Å². The number of hydrogen-bond donors (Lipinski definition) is 3.